The first-order valence-corrected chi connectivity index (χ1v) is 12.0. The monoisotopic (exact) mass is 479 g/mol. The maximum atomic E-state index is 13.4. The van der Waals surface area contributed by atoms with Crippen molar-refractivity contribution in [2.75, 3.05) is 19.6 Å². The summed E-state index contributed by atoms with van der Waals surface area (Å²) in [7, 11) is 0. The zero-order valence-electron chi connectivity index (χ0n) is 20.7. The fourth-order valence-corrected chi connectivity index (χ4v) is 4.73. The molecule has 0 saturated carbocycles. The summed E-state index contributed by atoms with van der Waals surface area (Å²) in [5.41, 5.74) is 9.42. The molecule has 0 bridgehead atoms. The molecule has 35 heavy (non-hydrogen) atoms. The first-order valence-electron chi connectivity index (χ1n) is 12.0. The number of piperidine rings is 1. The van der Waals surface area contributed by atoms with Gasteiger partial charge in [-0.2, -0.15) is 5.10 Å². The highest BCUT2D eigenvalue weighted by Gasteiger charge is 2.27. The highest BCUT2D eigenvalue weighted by molar-refractivity contribution is 6.05. The van der Waals surface area contributed by atoms with E-state index in [2.05, 4.69) is 15.4 Å². The van der Waals surface area contributed by atoms with E-state index in [9.17, 15) is 14.4 Å². The Kier molecular flexibility index (Phi) is 7.02. The van der Waals surface area contributed by atoms with Gasteiger partial charge in [-0.05, 0) is 58.2 Å². The summed E-state index contributed by atoms with van der Waals surface area (Å²) in [4.78, 5) is 47.2. The molecule has 0 atom stereocenters. The SMILES string of the molecule is Cc1cc(C)c(CNC(=O)c2cc(C3CCN(C(=O)CN)CC3)nc3c2cnn3C(C)C)c(=O)[nH]1. The number of nitrogens with one attached hydrogen (secondary N) is 2. The lowest BCUT2D eigenvalue weighted by molar-refractivity contribution is -0.130. The molecule has 0 radical (unpaired) electrons. The maximum Gasteiger partial charge on any atom is 0.253 e. The van der Waals surface area contributed by atoms with Crippen LogP contribution in [-0.4, -0.2) is 56.1 Å². The van der Waals surface area contributed by atoms with Crippen LogP contribution in [0.5, 0.6) is 0 Å². The first kappa shape index (κ1) is 24.6. The lowest BCUT2D eigenvalue weighted by atomic mass is 9.91. The number of aromatic amines is 1. The average Bonchev–Trinajstić information content (AvgIpc) is 3.26. The predicted octanol–water partition coefficient (Wildman–Crippen LogP) is 1.91. The summed E-state index contributed by atoms with van der Waals surface area (Å²) in [6, 6.07) is 3.80. The fourth-order valence-electron chi connectivity index (χ4n) is 4.73. The van der Waals surface area contributed by atoms with Crippen molar-refractivity contribution >= 4 is 22.8 Å². The number of likely N-dealkylation sites (tertiary alicyclic amines) is 1. The second kappa shape index (κ2) is 9.99. The number of carbonyl (C=O) groups is 2. The lowest BCUT2D eigenvalue weighted by Crippen LogP contribution is -2.41. The van der Waals surface area contributed by atoms with Crippen LogP contribution in [0.15, 0.2) is 23.1 Å². The summed E-state index contributed by atoms with van der Waals surface area (Å²) in [6.07, 6.45) is 3.17. The van der Waals surface area contributed by atoms with Gasteiger partial charge in [0.05, 0.1) is 23.7 Å². The van der Waals surface area contributed by atoms with E-state index in [1.165, 1.54) is 0 Å². The number of rotatable bonds is 6. The zero-order valence-corrected chi connectivity index (χ0v) is 20.7. The van der Waals surface area contributed by atoms with Crippen molar-refractivity contribution in [3.8, 4) is 0 Å². The van der Waals surface area contributed by atoms with Gasteiger partial charge in [-0.3, -0.25) is 14.4 Å². The van der Waals surface area contributed by atoms with Crippen molar-refractivity contribution in [2.24, 2.45) is 5.73 Å². The summed E-state index contributed by atoms with van der Waals surface area (Å²) in [5, 5.41) is 8.07. The van der Waals surface area contributed by atoms with Crippen LogP contribution in [0.2, 0.25) is 0 Å². The van der Waals surface area contributed by atoms with E-state index in [0.29, 0.717) is 35.2 Å². The van der Waals surface area contributed by atoms with Gasteiger partial charge in [0.15, 0.2) is 5.65 Å². The Morgan fingerprint density at radius 1 is 1.23 bits per heavy atom. The van der Waals surface area contributed by atoms with E-state index >= 15 is 0 Å². The predicted molar refractivity (Wildman–Crippen MR) is 133 cm³/mol. The molecule has 0 spiro atoms. The minimum Gasteiger partial charge on any atom is -0.348 e. The highest BCUT2D eigenvalue weighted by Crippen LogP contribution is 2.30. The van der Waals surface area contributed by atoms with E-state index in [1.807, 2.05) is 44.5 Å². The Morgan fingerprint density at radius 3 is 2.57 bits per heavy atom. The van der Waals surface area contributed by atoms with Crippen molar-refractivity contribution in [3.63, 3.8) is 0 Å². The summed E-state index contributed by atoms with van der Waals surface area (Å²) in [6.45, 7) is 9.08. The Bertz CT molecular complexity index is 1320. The number of aryl methyl sites for hydroxylation is 2. The minimum absolute atomic E-state index is 0.00998. The number of hydrogen-bond donors (Lipinski definition) is 3. The van der Waals surface area contributed by atoms with E-state index in [4.69, 9.17) is 10.7 Å². The van der Waals surface area contributed by atoms with Gasteiger partial charge in [-0.1, -0.05) is 0 Å². The topological polar surface area (TPSA) is 139 Å². The molecule has 1 aliphatic heterocycles. The largest absolute Gasteiger partial charge is 0.348 e. The van der Waals surface area contributed by atoms with Crippen LogP contribution in [0.1, 0.15) is 71.5 Å². The van der Waals surface area contributed by atoms with Crippen molar-refractivity contribution in [2.45, 2.75) is 59.0 Å². The van der Waals surface area contributed by atoms with Crippen LogP contribution in [0.4, 0.5) is 0 Å². The Balaban J connectivity index is 1.65. The number of carbonyl (C=O) groups excluding carboxylic acids is 2. The smallest absolute Gasteiger partial charge is 0.253 e. The quantitative estimate of drug-likeness (QED) is 0.494. The molecule has 1 saturated heterocycles. The molecular formula is C25H33N7O3. The maximum absolute atomic E-state index is 13.4. The number of fused-ring (bicyclic) bond motifs is 1. The number of aromatic nitrogens is 4. The molecule has 4 heterocycles. The van der Waals surface area contributed by atoms with Crippen molar-refractivity contribution in [1.29, 1.82) is 0 Å². The molecule has 3 aromatic heterocycles. The van der Waals surface area contributed by atoms with Crippen LogP contribution in [0.3, 0.4) is 0 Å². The number of nitrogens with zero attached hydrogens (tertiary/aromatic N) is 4. The molecule has 10 nitrogen and oxygen atoms in total. The molecule has 0 aliphatic carbocycles. The third-order valence-electron chi connectivity index (χ3n) is 6.68. The van der Waals surface area contributed by atoms with Gasteiger partial charge in [0, 0.05) is 48.5 Å². The highest BCUT2D eigenvalue weighted by atomic mass is 16.2. The van der Waals surface area contributed by atoms with Gasteiger partial charge >= 0.3 is 0 Å². The van der Waals surface area contributed by atoms with Gasteiger partial charge in [0.2, 0.25) is 5.91 Å². The van der Waals surface area contributed by atoms with Crippen LogP contribution in [0, 0.1) is 13.8 Å². The number of amides is 2. The zero-order chi connectivity index (χ0) is 25.3. The Morgan fingerprint density at radius 2 is 1.94 bits per heavy atom. The number of H-pyrrole nitrogens is 1. The summed E-state index contributed by atoms with van der Waals surface area (Å²) in [5.74, 6) is -0.214. The van der Waals surface area contributed by atoms with E-state index in [1.54, 1.807) is 11.1 Å². The van der Waals surface area contributed by atoms with Crippen molar-refractivity contribution in [3.05, 3.63) is 56.8 Å². The van der Waals surface area contributed by atoms with Crippen molar-refractivity contribution < 1.29 is 9.59 Å². The molecule has 4 N–H and O–H groups in total. The molecule has 0 aromatic carbocycles. The molecule has 10 heteroatoms. The van der Waals surface area contributed by atoms with Crippen LogP contribution >= 0.6 is 0 Å². The Labute approximate surface area is 203 Å². The van der Waals surface area contributed by atoms with E-state index in [0.717, 1.165) is 29.8 Å². The second-order valence-electron chi connectivity index (χ2n) is 9.50. The van der Waals surface area contributed by atoms with Gasteiger partial charge in [0.1, 0.15) is 0 Å². The molecule has 1 fully saturated rings. The third kappa shape index (κ3) is 4.97. The van der Waals surface area contributed by atoms with E-state index in [-0.39, 0.29) is 42.4 Å². The second-order valence-corrected chi connectivity index (χ2v) is 9.50. The first-order chi connectivity index (χ1) is 16.7. The minimum atomic E-state index is -0.280. The number of pyridine rings is 2. The van der Waals surface area contributed by atoms with Crippen LogP contribution in [-0.2, 0) is 11.3 Å². The third-order valence-corrected chi connectivity index (χ3v) is 6.68. The van der Waals surface area contributed by atoms with Gasteiger partial charge in [-0.15, -0.1) is 0 Å². The van der Waals surface area contributed by atoms with Crippen molar-refractivity contribution in [1.82, 2.24) is 30.0 Å². The molecule has 4 rings (SSSR count). The molecular weight excluding hydrogens is 446 g/mol. The molecule has 1 aliphatic rings. The molecule has 186 valence electrons. The van der Waals surface area contributed by atoms with Crippen LogP contribution < -0.4 is 16.6 Å². The number of nitrogens with two attached hydrogens (primary N) is 1. The van der Waals surface area contributed by atoms with Gasteiger partial charge in [0.25, 0.3) is 11.5 Å². The van der Waals surface area contributed by atoms with Gasteiger partial charge < -0.3 is 20.9 Å². The molecule has 0 unspecified atom stereocenters. The number of hydrogen-bond acceptors (Lipinski definition) is 6. The fraction of sp³-hybridized carbons (Fsp3) is 0.480. The normalized spacial score (nSPS) is 14.6. The average molecular weight is 480 g/mol. The molecule has 3 aromatic rings. The lowest BCUT2D eigenvalue weighted by Gasteiger charge is -2.31. The standard InChI is InChI=1S/C25H33N7O3/c1-14(2)32-23-20(13-28-32)18(24(34)27-12-19-15(3)9-16(4)29-25(19)35)10-21(30-23)17-5-7-31(8-6-17)22(33)11-26/h9-10,13-14,17H,5-8,11-12,26H2,1-4H3,(H,27,34)(H,29,35). The Hall–Kier alpha value is -3.53. The van der Waals surface area contributed by atoms with E-state index < -0.39 is 0 Å². The summed E-state index contributed by atoms with van der Waals surface area (Å²) < 4.78 is 1.82. The van der Waals surface area contributed by atoms with Gasteiger partial charge in [-0.25, -0.2) is 9.67 Å². The summed E-state index contributed by atoms with van der Waals surface area (Å²) >= 11 is 0. The van der Waals surface area contributed by atoms with Crippen LogP contribution in [0.25, 0.3) is 11.0 Å². The molecule has 2 amide bonds.